The second-order valence-corrected chi connectivity index (χ2v) is 9.85. The van der Waals surface area contributed by atoms with Crippen molar-refractivity contribution in [3.63, 3.8) is 0 Å². The predicted octanol–water partition coefficient (Wildman–Crippen LogP) is -5.31. The Morgan fingerprint density at radius 3 is 1.79 bits per heavy atom. The molecule has 13 N–H and O–H groups in total. The molecule has 2 aliphatic rings. The zero-order chi connectivity index (χ0) is 29.2. The van der Waals surface area contributed by atoms with Crippen LogP contribution in [0.1, 0.15) is 5.56 Å². The van der Waals surface area contributed by atoms with Crippen LogP contribution in [0, 0.1) is 0 Å². The van der Waals surface area contributed by atoms with Crippen LogP contribution in [0.15, 0.2) is 63.3 Å². The van der Waals surface area contributed by atoms with Crippen LogP contribution in [0.2, 0.25) is 0 Å². The van der Waals surface area contributed by atoms with Crippen molar-refractivity contribution < 1.29 is 71.1 Å². The largest absolute Gasteiger partial charge is 0.347 e. The number of hydrogen-bond donors (Lipinski definition) is 13. The second kappa shape index (κ2) is 9.36. The van der Waals surface area contributed by atoms with E-state index in [-0.39, 0.29) is 11.3 Å². The van der Waals surface area contributed by atoms with Crippen LogP contribution in [-0.4, -0.2) is 131 Å². The Balaban J connectivity index is 1.87. The van der Waals surface area contributed by atoms with Gasteiger partial charge in [0.1, 0.15) is 12.4 Å². The molecule has 17 nitrogen and oxygen atoms in total. The van der Waals surface area contributed by atoms with E-state index >= 15 is 0 Å². The monoisotopic (exact) mass is 575 g/mol. The zero-order valence-corrected chi connectivity index (χ0v) is 20.3. The Morgan fingerprint density at radius 1 is 0.718 bits per heavy atom. The molecule has 0 bridgehead atoms. The summed E-state index contributed by atoms with van der Waals surface area (Å²) in [6, 6.07) is 12.1. The van der Waals surface area contributed by atoms with E-state index in [1.54, 1.807) is 18.2 Å². The van der Waals surface area contributed by atoms with Crippen LogP contribution < -0.4 is 0 Å². The number of fused-ring (bicyclic) bond motifs is 2. The highest BCUT2D eigenvalue weighted by molar-refractivity contribution is 7.99. The van der Waals surface area contributed by atoms with E-state index in [0.29, 0.717) is 9.79 Å². The SMILES string of the molecule is OC(O)(O)COC(O)(O)CN1C(O)(O)C(O)(O)N(C2=Nc3ccccc3Sc3ccccc32)C(O)(O)C1(O)O. The van der Waals surface area contributed by atoms with Crippen molar-refractivity contribution in [2.24, 2.45) is 4.99 Å². The summed E-state index contributed by atoms with van der Waals surface area (Å²) >= 11 is 1.11. The van der Waals surface area contributed by atoms with Gasteiger partial charge in [0.15, 0.2) is 0 Å². The van der Waals surface area contributed by atoms with Crippen molar-refractivity contribution in [2.75, 3.05) is 13.2 Å². The number of ether oxygens (including phenoxy) is 1. The molecule has 0 unspecified atom stereocenters. The molecule has 1 saturated heterocycles. The summed E-state index contributed by atoms with van der Waals surface area (Å²) in [6.07, 6.45) is 0. The smallest absolute Gasteiger partial charge is 0.325 e. The van der Waals surface area contributed by atoms with Crippen molar-refractivity contribution in [3.05, 3.63) is 54.1 Å². The van der Waals surface area contributed by atoms with Crippen molar-refractivity contribution >= 4 is 23.3 Å². The third-order valence-electron chi connectivity index (χ3n) is 5.79. The Bertz CT molecular complexity index is 1250. The lowest BCUT2D eigenvalue weighted by Crippen LogP contribution is -2.91. The maximum atomic E-state index is 11.0. The highest BCUT2D eigenvalue weighted by atomic mass is 32.2. The first-order valence-electron chi connectivity index (χ1n) is 10.8. The first-order chi connectivity index (χ1) is 17.7. The quantitative estimate of drug-likeness (QED) is 0.148. The minimum atomic E-state index is -4.42. The number of amidine groups is 1. The summed E-state index contributed by atoms with van der Waals surface area (Å²) < 4.78 is 4.17. The minimum absolute atomic E-state index is 0.0640. The van der Waals surface area contributed by atoms with Gasteiger partial charge in [0, 0.05) is 15.4 Å². The van der Waals surface area contributed by atoms with Gasteiger partial charge in [-0.25, -0.2) is 9.89 Å². The van der Waals surface area contributed by atoms with Crippen LogP contribution in [0.5, 0.6) is 0 Å². The van der Waals surface area contributed by atoms with E-state index in [4.69, 9.17) is 15.3 Å². The number of nitrogens with zero attached hydrogens (tertiary/aromatic N) is 3. The summed E-state index contributed by atoms with van der Waals surface area (Å²) in [5.74, 6) is -25.8. The number of aliphatic hydroxyl groups is 13. The van der Waals surface area contributed by atoms with E-state index in [0.717, 1.165) is 11.8 Å². The van der Waals surface area contributed by atoms with Gasteiger partial charge in [-0.2, -0.15) is 4.90 Å². The molecule has 2 aromatic carbocycles. The molecular formula is C21H25N3O14S. The van der Waals surface area contributed by atoms with E-state index < -0.39 is 64.4 Å². The number of aliphatic imine (C=N–C) groups is 1. The lowest BCUT2D eigenvalue weighted by molar-refractivity contribution is -0.603. The van der Waals surface area contributed by atoms with E-state index in [9.17, 15) is 51.1 Å². The number of rotatable bonds is 5. The van der Waals surface area contributed by atoms with Gasteiger partial charge in [-0.3, -0.25) is 0 Å². The van der Waals surface area contributed by atoms with Crippen LogP contribution in [0.25, 0.3) is 0 Å². The van der Waals surface area contributed by atoms with E-state index in [1.807, 2.05) is 0 Å². The first-order valence-corrected chi connectivity index (χ1v) is 11.6. The number of hydrogen-bond acceptors (Lipinski definition) is 18. The molecule has 214 valence electrons. The predicted molar refractivity (Wildman–Crippen MR) is 123 cm³/mol. The van der Waals surface area contributed by atoms with Crippen LogP contribution >= 0.6 is 11.8 Å². The van der Waals surface area contributed by atoms with Crippen LogP contribution in [0.4, 0.5) is 5.69 Å². The van der Waals surface area contributed by atoms with Gasteiger partial charge < -0.3 is 71.1 Å². The van der Waals surface area contributed by atoms with Gasteiger partial charge in [-0.05, 0) is 18.2 Å². The average Bonchev–Trinajstić information content (AvgIpc) is 2.96. The summed E-state index contributed by atoms with van der Waals surface area (Å²) in [7, 11) is 0. The summed E-state index contributed by atoms with van der Waals surface area (Å²) in [6.45, 7) is -3.70. The molecule has 0 atom stereocenters. The average molecular weight is 576 g/mol. The molecule has 0 aliphatic carbocycles. The van der Waals surface area contributed by atoms with Gasteiger partial charge in [-0.15, -0.1) is 0 Å². The third-order valence-corrected chi connectivity index (χ3v) is 6.93. The molecule has 0 saturated carbocycles. The molecule has 18 heteroatoms. The van der Waals surface area contributed by atoms with Crippen LogP contribution in [0.3, 0.4) is 0 Å². The lowest BCUT2D eigenvalue weighted by Gasteiger charge is -2.61. The fourth-order valence-electron chi connectivity index (χ4n) is 3.92. The molecule has 39 heavy (non-hydrogen) atoms. The molecule has 0 spiro atoms. The van der Waals surface area contributed by atoms with E-state index in [1.165, 1.54) is 30.3 Å². The first kappa shape index (κ1) is 29.6. The lowest BCUT2D eigenvalue weighted by atomic mass is 10.0. The summed E-state index contributed by atoms with van der Waals surface area (Å²) in [4.78, 5) is 3.79. The summed E-state index contributed by atoms with van der Waals surface area (Å²) in [5, 5.41) is 133. The molecule has 0 aromatic heterocycles. The minimum Gasteiger partial charge on any atom is -0.347 e. The maximum absolute atomic E-state index is 11.0. The molecule has 0 radical (unpaired) electrons. The Labute approximate surface area is 222 Å². The standard InChI is InChI=1S/C21H25N3O14S/c25-16(26,27)10-38-17(28,29)9-23-18(30,31)20(34,35)24(21(36,37)19(23,32)33)15-11-5-1-3-7-13(11)39-14-8-4-2-6-12(14)22-15/h1-8,25-37H,9-10H2. The fourth-order valence-corrected chi connectivity index (χ4v) is 4.93. The van der Waals surface area contributed by atoms with Gasteiger partial charge in [-0.1, -0.05) is 42.1 Å². The Kier molecular flexibility index (Phi) is 7.11. The van der Waals surface area contributed by atoms with Gasteiger partial charge >= 0.3 is 23.6 Å². The molecule has 2 aromatic rings. The van der Waals surface area contributed by atoms with Crippen molar-refractivity contribution in [1.29, 1.82) is 0 Å². The van der Waals surface area contributed by atoms with Crippen LogP contribution in [-0.2, 0) is 4.74 Å². The number of benzene rings is 2. The molecular weight excluding hydrogens is 550 g/mol. The molecule has 1 fully saturated rings. The molecule has 0 amide bonds. The third kappa shape index (κ3) is 5.03. The van der Waals surface area contributed by atoms with Crippen molar-refractivity contribution in [1.82, 2.24) is 9.80 Å². The zero-order valence-electron chi connectivity index (χ0n) is 19.5. The maximum Gasteiger partial charge on any atom is 0.325 e. The van der Waals surface area contributed by atoms with Gasteiger partial charge in [0.2, 0.25) is 0 Å². The highest BCUT2D eigenvalue weighted by Crippen LogP contribution is 2.48. The Hall–Kier alpha value is -2.34. The molecule has 4 rings (SSSR count). The fraction of sp³-hybridized carbons (Fsp3) is 0.381. The number of piperazine rings is 1. The van der Waals surface area contributed by atoms with Gasteiger partial charge in [0.05, 0.1) is 12.2 Å². The summed E-state index contributed by atoms with van der Waals surface area (Å²) in [5.41, 5.74) is 0.0511. The Morgan fingerprint density at radius 2 is 1.23 bits per heavy atom. The normalized spacial score (nSPS) is 22.0. The molecule has 2 aliphatic heterocycles. The second-order valence-electron chi connectivity index (χ2n) is 8.77. The number of para-hydroxylation sites is 1. The molecule has 2 heterocycles. The van der Waals surface area contributed by atoms with Crippen molar-refractivity contribution in [2.45, 2.75) is 45.4 Å². The number of β-amino-alcohol motifs (C(OH)–C–C–N with tert-alkyl or cyclic N) is 2. The van der Waals surface area contributed by atoms with E-state index in [2.05, 4.69) is 9.73 Å². The highest BCUT2D eigenvalue weighted by Gasteiger charge is 2.78. The topological polar surface area (TPSA) is 291 Å². The van der Waals surface area contributed by atoms with Crippen molar-refractivity contribution in [3.8, 4) is 0 Å². The van der Waals surface area contributed by atoms with Gasteiger partial charge in [0.25, 0.3) is 11.9 Å².